The molecular formula is C33H35N3O6. The van der Waals surface area contributed by atoms with Gasteiger partial charge in [-0.2, -0.15) is 0 Å². The van der Waals surface area contributed by atoms with E-state index in [-0.39, 0.29) is 18.0 Å². The molecule has 2 unspecified atom stereocenters. The Bertz CT molecular complexity index is 1440. The molecule has 0 aromatic heterocycles. The second-order valence-electron chi connectivity index (χ2n) is 10.3. The number of amides is 3. The summed E-state index contributed by atoms with van der Waals surface area (Å²) in [4.78, 5) is 55.5. The number of hydrogen-bond acceptors (Lipinski definition) is 6. The van der Waals surface area contributed by atoms with Crippen LogP contribution in [0.2, 0.25) is 0 Å². The second kappa shape index (κ2) is 13.3. The van der Waals surface area contributed by atoms with Gasteiger partial charge in [0.05, 0.1) is 17.8 Å². The first kappa shape index (κ1) is 30.2. The van der Waals surface area contributed by atoms with E-state index in [1.54, 1.807) is 86.6 Å². The van der Waals surface area contributed by atoms with Crippen molar-refractivity contribution >= 4 is 29.4 Å². The van der Waals surface area contributed by atoms with E-state index in [1.807, 2.05) is 18.2 Å². The Balaban J connectivity index is 1.94. The predicted octanol–water partition coefficient (Wildman–Crippen LogP) is 4.10. The van der Waals surface area contributed by atoms with Gasteiger partial charge in [-0.3, -0.25) is 14.4 Å². The Hall–Kier alpha value is -4.76. The van der Waals surface area contributed by atoms with Crippen LogP contribution in [0.1, 0.15) is 50.4 Å². The van der Waals surface area contributed by atoms with Gasteiger partial charge in [-0.05, 0) is 31.4 Å². The van der Waals surface area contributed by atoms with Crippen LogP contribution in [0.5, 0.6) is 0 Å². The Kier molecular flexibility index (Phi) is 9.54. The van der Waals surface area contributed by atoms with Crippen molar-refractivity contribution < 1.29 is 29.0 Å². The number of aliphatic hydroxyl groups excluding tert-OH is 1. The lowest BCUT2D eigenvalue weighted by Gasteiger charge is -2.47. The molecule has 1 N–H and O–H groups in total. The molecule has 0 aliphatic carbocycles. The van der Waals surface area contributed by atoms with Crippen molar-refractivity contribution in [3.05, 3.63) is 114 Å². The molecule has 0 saturated heterocycles. The van der Waals surface area contributed by atoms with E-state index >= 15 is 0 Å². The summed E-state index contributed by atoms with van der Waals surface area (Å²) in [5.74, 6) is -2.49. The summed E-state index contributed by atoms with van der Waals surface area (Å²) in [7, 11) is 0. The maximum absolute atomic E-state index is 14.6. The van der Waals surface area contributed by atoms with Gasteiger partial charge in [0, 0.05) is 25.6 Å². The van der Waals surface area contributed by atoms with E-state index in [2.05, 4.69) is 0 Å². The van der Waals surface area contributed by atoms with Crippen LogP contribution in [0.25, 0.3) is 5.70 Å². The molecule has 3 aromatic carbocycles. The monoisotopic (exact) mass is 569 g/mol. The third-order valence-corrected chi connectivity index (χ3v) is 6.86. The zero-order valence-corrected chi connectivity index (χ0v) is 24.1. The highest BCUT2D eigenvalue weighted by Crippen LogP contribution is 2.37. The molecule has 0 spiro atoms. The minimum Gasteiger partial charge on any atom is -0.461 e. The van der Waals surface area contributed by atoms with E-state index in [0.29, 0.717) is 11.1 Å². The fourth-order valence-corrected chi connectivity index (χ4v) is 5.02. The molecule has 9 heteroatoms. The second-order valence-corrected chi connectivity index (χ2v) is 10.3. The molecule has 0 fully saturated rings. The summed E-state index contributed by atoms with van der Waals surface area (Å²) in [6.45, 7) is 5.95. The van der Waals surface area contributed by atoms with E-state index in [4.69, 9.17) is 4.74 Å². The molecule has 3 amide bonds. The molecule has 3 aromatic rings. The molecule has 1 heterocycles. The van der Waals surface area contributed by atoms with E-state index in [9.17, 15) is 24.3 Å². The normalized spacial score (nSPS) is 16.5. The fourth-order valence-electron chi connectivity index (χ4n) is 5.02. The van der Waals surface area contributed by atoms with Gasteiger partial charge in [0.1, 0.15) is 6.04 Å². The molecule has 0 saturated carbocycles. The van der Waals surface area contributed by atoms with Crippen LogP contribution in [-0.4, -0.2) is 62.0 Å². The highest BCUT2D eigenvalue weighted by Gasteiger charge is 2.46. The van der Waals surface area contributed by atoms with Crippen LogP contribution in [0.15, 0.2) is 97.2 Å². The molecule has 218 valence electrons. The third kappa shape index (κ3) is 6.58. The van der Waals surface area contributed by atoms with Crippen molar-refractivity contribution in [2.75, 3.05) is 0 Å². The van der Waals surface area contributed by atoms with Crippen LogP contribution in [-0.2, 0) is 30.3 Å². The maximum Gasteiger partial charge on any atom is 0.337 e. The average molecular weight is 570 g/mol. The lowest BCUT2D eigenvalue weighted by atomic mass is 9.98. The molecular weight excluding hydrogens is 534 g/mol. The van der Waals surface area contributed by atoms with E-state index in [1.165, 1.54) is 30.0 Å². The van der Waals surface area contributed by atoms with Crippen LogP contribution in [0.3, 0.4) is 0 Å². The summed E-state index contributed by atoms with van der Waals surface area (Å²) in [5.41, 5.74) is 2.05. The van der Waals surface area contributed by atoms with Gasteiger partial charge in [-0.1, -0.05) is 91.0 Å². The quantitative estimate of drug-likeness (QED) is 0.389. The zero-order chi connectivity index (χ0) is 30.4. The first-order chi connectivity index (χ1) is 20.1. The Morgan fingerprint density at radius 1 is 0.881 bits per heavy atom. The predicted molar refractivity (Wildman–Crippen MR) is 157 cm³/mol. The Morgan fingerprint density at radius 2 is 1.43 bits per heavy atom. The Labute approximate surface area is 245 Å². The molecule has 0 radical (unpaired) electrons. The van der Waals surface area contributed by atoms with E-state index < -0.39 is 42.1 Å². The minimum absolute atomic E-state index is 0.0348. The average Bonchev–Trinajstić information content (AvgIpc) is 2.97. The molecule has 42 heavy (non-hydrogen) atoms. The van der Waals surface area contributed by atoms with E-state index in [0.717, 1.165) is 10.6 Å². The van der Waals surface area contributed by atoms with Gasteiger partial charge in [0.25, 0.3) is 5.91 Å². The number of carbonyl (C=O) groups excluding carboxylic acids is 4. The van der Waals surface area contributed by atoms with Crippen molar-refractivity contribution in [3.63, 3.8) is 0 Å². The van der Waals surface area contributed by atoms with Crippen molar-refractivity contribution in [1.29, 1.82) is 0 Å². The number of ether oxygens (including phenoxy) is 1. The summed E-state index contributed by atoms with van der Waals surface area (Å²) < 4.78 is 5.33. The van der Waals surface area contributed by atoms with Crippen molar-refractivity contribution in [3.8, 4) is 0 Å². The van der Waals surface area contributed by atoms with Crippen LogP contribution >= 0.6 is 0 Å². The van der Waals surface area contributed by atoms with Crippen molar-refractivity contribution in [2.45, 2.75) is 58.4 Å². The molecule has 1 aliphatic heterocycles. The van der Waals surface area contributed by atoms with Crippen LogP contribution < -0.4 is 0 Å². The van der Waals surface area contributed by atoms with Gasteiger partial charge in [-0.15, -0.1) is 0 Å². The summed E-state index contributed by atoms with van der Waals surface area (Å²) in [5, 5.41) is 13.7. The molecule has 4 rings (SSSR count). The summed E-state index contributed by atoms with van der Waals surface area (Å²) in [6, 6.07) is 24.4. The number of esters is 1. The number of nitrogens with zero attached hydrogens (tertiary/aromatic N) is 3. The van der Waals surface area contributed by atoms with Crippen LogP contribution in [0, 0.1) is 0 Å². The number of hydrazine groups is 1. The number of rotatable bonds is 9. The van der Waals surface area contributed by atoms with Gasteiger partial charge in [0.15, 0.2) is 6.10 Å². The number of hydrogen-bond donors (Lipinski definition) is 1. The lowest BCUT2D eigenvalue weighted by Crippen LogP contribution is -2.62. The van der Waals surface area contributed by atoms with Gasteiger partial charge in [-0.25, -0.2) is 14.8 Å². The number of benzene rings is 3. The molecule has 9 nitrogen and oxygen atoms in total. The van der Waals surface area contributed by atoms with Crippen molar-refractivity contribution in [2.24, 2.45) is 0 Å². The highest BCUT2D eigenvalue weighted by atomic mass is 16.6. The maximum atomic E-state index is 14.6. The highest BCUT2D eigenvalue weighted by molar-refractivity contribution is 5.98. The van der Waals surface area contributed by atoms with Crippen LogP contribution in [0.4, 0.5) is 0 Å². The minimum atomic E-state index is -1.79. The summed E-state index contributed by atoms with van der Waals surface area (Å²) >= 11 is 0. The largest absolute Gasteiger partial charge is 0.461 e. The summed E-state index contributed by atoms with van der Waals surface area (Å²) in [6.07, 6.45) is -0.737. The molecule has 3 atom stereocenters. The first-order valence-corrected chi connectivity index (χ1v) is 13.8. The SMILES string of the molecule is CC(=O)N1C=C(c2ccccc2)N(N(C(C)=O)[C@@H](Cc2ccccc2)C(O)C(=O)OC(C)C)C(=O)C1c1ccccc1. The van der Waals surface area contributed by atoms with Crippen molar-refractivity contribution in [1.82, 2.24) is 14.9 Å². The number of aliphatic hydroxyl groups is 1. The third-order valence-electron chi connectivity index (χ3n) is 6.86. The van der Waals surface area contributed by atoms with Gasteiger partial charge < -0.3 is 14.7 Å². The molecule has 0 bridgehead atoms. The first-order valence-electron chi connectivity index (χ1n) is 13.8. The Morgan fingerprint density at radius 3 is 1.95 bits per heavy atom. The van der Waals surface area contributed by atoms with Gasteiger partial charge >= 0.3 is 5.97 Å². The number of carbonyl (C=O) groups is 4. The fraction of sp³-hybridized carbons (Fsp3) is 0.273. The topological polar surface area (TPSA) is 107 Å². The zero-order valence-electron chi connectivity index (χ0n) is 24.1. The molecule has 1 aliphatic rings. The standard InChI is InChI=1S/C33H35N3O6/c1-22(2)42-33(41)31(39)28(20-25-14-8-5-9-15-25)35(24(4)38)36-29(26-16-10-6-11-17-26)21-34(23(3)37)30(32(36)40)27-18-12-7-13-19-27/h5-19,21-22,28,30-31,39H,20H2,1-4H3/t28-,30?,31?/m0/s1. The smallest absolute Gasteiger partial charge is 0.337 e. The lowest BCUT2D eigenvalue weighted by molar-refractivity contribution is -0.177. The van der Waals surface area contributed by atoms with Gasteiger partial charge in [0.2, 0.25) is 11.8 Å².